The van der Waals surface area contributed by atoms with Crippen LogP contribution >= 0.6 is 12.8 Å². The number of thiol groups is 1. The van der Waals surface area contributed by atoms with Gasteiger partial charge in [0.25, 0.3) is 0 Å². The van der Waals surface area contributed by atoms with Crippen LogP contribution in [0.1, 0.15) is 6.92 Å². The van der Waals surface area contributed by atoms with Crippen LogP contribution in [0.3, 0.4) is 0 Å². The van der Waals surface area contributed by atoms with Crippen molar-refractivity contribution < 1.29 is 19.3 Å². The van der Waals surface area contributed by atoms with Crippen LogP contribution in [-0.4, -0.2) is 16.6 Å². The van der Waals surface area contributed by atoms with E-state index in [1.54, 1.807) is 0 Å². The number of carbonyl (C=O) groups is 2. The van der Waals surface area contributed by atoms with E-state index in [2.05, 4.69) is 35.6 Å². The molecule has 0 aromatic heterocycles. The fraction of sp³-hybridized carbons (Fsp3) is 0.143. The van der Waals surface area contributed by atoms with Gasteiger partial charge in [-0.05, 0) is 19.7 Å². The van der Waals surface area contributed by atoms with Gasteiger partial charge in [-0.3, -0.25) is 0 Å². The Bertz CT molecular complexity index is 251. The van der Waals surface area contributed by atoms with Crippen molar-refractivity contribution in [2.75, 3.05) is 0 Å². The van der Waals surface area contributed by atoms with Crippen LogP contribution in [0.4, 0.5) is 0 Å². The van der Waals surface area contributed by atoms with E-state index in [-0.39, 0.29) is 5.57 Å². The minimum absolute atomic E-state index is 0.161. The zero-order valence-corrected chi connectivity index (χ0v) is 7.91. The van der Waals surface area contributed by atoms with Crippen LogP contribution in [-0.2, 0) is 19.3 Å². The second-order valence-electron chi connectivity index (χ2n) is 2.01. The zero-order chi connectivity index (χ0) is 10.4. The van der Waals surface area contributed by atoms with Crippen LogP contribution < -0.4 is 0 Å². The second kappa shape index (κ2) is 5.39. The fourth-order valence-electron chi connectivity index (χ4n) is 0.282. The Kier molecular flexibility index (Phi) is 4.86. The molecule has 0 bridgehead atoms. The number of nitrogens with zero attached hydrogens (tertiary/aromatic N) is 1. The topological polar surface area (TPSA) is 55.8 Å². The number of rotatable bonds is 4. The zero-order valence-electron chi connectivity index (χ0n) is 7.02. The third kappa shape index (κ3) is 5.05. The molecule has 0 atom stereocenters. The molecule has 0 aliphatic heterocycles. The van der Waals surface area contributed by atoms with Crippen molar-refractivity contribution in [3.05, 3.63) is 24.8 Å². The molecule has 0 saturated carbocycles. The standard InChI is InChI=1S/C7H9NO4S/c1-4-6(9)11-8(13)12-7(10)5(2)3/h4,13H,1-2H2,3H3. The maximum Gasteiger partial charge on any atom is 0.356 e. The highest BCUT2D eigenvalue weighted by atomic mass is 32.1. The van der Waals surface area contributed by atoms with Gasteiger partial charge in [-0.15, -0.1) is 0 Å². The summed E-state index contributed by atoms with van der Waals surface area (Å²) in [7, 11) is 0. The van der Waals surface area contributed by atoms with E-state index in [1.807, 2.05) is 0 Å². The van der Waals surface area contributed by atoms with E-state index in [1.165, 1.54) is 6.92 Å². The first kappa shape index (κ1) is 11.7. The molecule has 5 nitrogen and oxygen atoms in total. The molecule has 0 heterocycles. The minimum atomic E-state index is -0.787. The summed E-state index contributed by atoms with van der Waals surface area (Å²) in [6.07, 6.45) is 0.901. The van der Waals surface area contributed by atoms with Gasteiger partial charge in [0.2, 0.25) is 0 Å². The second-order valence-corrected chi connectivity index (χ2v) is 2.34. The molecule has 0 saturated heterocycles. The molecule has 0 rings (SSSR count). The van der Waals surface area contributed by atoms with Crippen molar-refractivity contribution in [1.29, 1.82) is 0 Å². The quantitative estimate of drug-likeness (QED) is 0.416. The summed E-state index contributed by atoms with van der Waals surface area (Å²) in [4.78, 5) is 30.0. The molecule has 0 aliphatic rings. The molecule has 0 unspecified atom stereocenters. The Labute approximate surface area is 81.1 Å². The van der Waals surface area contributed by atoms with Gasteiger partial charge >= 0.3 is 11.9 Å². The average molecular weight is 203 g/mol. The molecule has 0 amide bonds. The summed E-state index contributed by atoms with van der Waals surface area (Å²) in [5.74, 6) is -1.53. The lowest BCUT2D eigenvalue weighted by molar-refractivity contribution is -0.257. The first-order chi connectivity index (χ1) is 5.97. The molecule has 0 aromatic carbocycles. The molecule has 0 spiro atoms. The molecule has 13 heavy (non-hydrogen) atoms. The van der Waals surface area contributed by atoms with Crippen LogP contribution in [0, 0.1) is 0 Å². The maximum absolute atomic E-state index is 10.8. The van der Waals surface area contributed by atoms with E-state index < -0.39 is 11.9 Å². The van der Waals surface area contributed by atoms with Gasteiger partial charge in [-0.1, -0.05) is 13.2 Å². The third-order valence-electron chi connectivity index (χ3n) is 0.844. The summed E-state index contributed by atoms with van der Waals surface area (Å²) < 4.78 is 0.334. The monoisotopic (exact) mass is 203 g/mol. The first-order valence-electron chi connectivity index (χ1n) is 3.18. The van der Waals surface area contributed by atoms with E-state index in [0.29, 0.717) is 4.63 Å². The molecule has 0 radical (unpaired) electrons. The van der Waals surface area contributed by atoms with Crippen molar-refractivity contribution >= 4 is 24.8 Å². The highest BCUT2D eigenvalue weighted by Gasteiger charge is 2.11. The molecule has 72 valence electrons. The summed E-state index contributed by atoms with van der Waals surface area (Å²) in [6.45, 7) is 7.89. The molecule has 0 aliphatic carbocycles. The number of carbonyl (C=O) groups excluding carboxylic acids is 2. The van der Waals surface area contributed by atoms with Crippen molar-refractivity contribution in [3.63, 3.8) is 0 Å². The molecule has 6 heteroatoms. The van der Waals surface area contributed by atoms with Gasteiger partial charge in [-0.25, -0.2) is 9.59 Å². The van der Waals surface area contributed by atoms with Crippen LogP contribution in [0.2, 0.25) is 0 Å². The van der Waals surface area contributed by atoms with Crippen LogP contribution in [0.25, 0.3) is 0 Å². The Balaban J connectivity index is 3.94. The molecular weight excluding hydrogens is 194 g/mol. The van der Waals surface area contributed by atoms with E-state index in [9.17, 15) is 9.59 Å². The lowest BCUT2D eigenvalue weighted by Crippen LogP contribution is -2.21. The average Bonchev–Trinajstić information content (AvgIpc) is 2.03. The van der Waals surface area contributed by atoms with Crippen molar-refractivity contribution in [2.45, 2.75) is 6.92 Å². The largest absolute Gasteiger partial charge is 0.356 e. The van der Waals surface area contributed by atoms with Crippen molar-refractivity contribution in [2.24, 2.45) is 0 Å². The highest BCUT2D eigenvalue weighted by Crippen LogP contribution is 2.01. The molecular formula is C7H9NO4S. The van der Waals surface area contributed by atoms with Gasteiger partial charge in [0, 0.05) is 11.6 Å². The summed E-state index contributed by atoms with van der Waals surface area (Å²) >= 11 is 3.52. The summed E-state index contributed by atoms with van der Waals surface area (Å²) in [5, 5.41) is 0. The van der Waals surface area contributed by atoms with Gasteiger partial charge in [0.15, 0.2) is 0 Å². The van der Waals surface area contributed by atoms with Gasteiger partial charge in [0.1, 0.15) is 0 Å². The summed E-state index contributed by atoms with van der Waals surface area (Å²) in [5.41, 5.74) is 0.161. The van der Waals surface area contributed by atoms with E-state index in [4.69, 9.17) is 0 Å². The lowest BCUT2D eigenvalue weighted by Gasteiger charge is -2.11. The normalized spacial score (nSPS) is 9.15. The highest BCUT2D eigenvalue weighted by molar-refractivity contribution is 7.77. The Hall–Kier alpha value is -1.27. The predicted molar refractivity (Wildman–Crippen MR) is 48.0 cm³/mol. The SMILES string of the molecule is C=CC(=O)ON(S)OC(=O)C(=C)C. The predicted octanol–water partition coefficient (Wildman–Crippen LogP) is 0.812. The smallest absolute Gasteiger partial charge is 0.319 e. The number of hydrogen-bond acceptors (Lipinski definition) is 6. The Morgan fingerprint density at radius 2 is 2.00 bits per heavy atom. The van der Waals surface area contributed by atoms with Gasteiger partial charge in [-0.2, -0.15) is 0 Å². The third-order valence-corrected chi connectivity index (χ3v) is 1.01. The molecule has 0 N–H and O–H groups in total. The summed E-state index contributed by atoms with van der Waals surface area (Å²) in [6, 6.07) is 0. The Morgan fingerprint density at radius 1 is 1.46 bits per heavy atom. The van der Waals surface area contributed by atoms with Crippen LogP contribution in [0.5, 0.6) is 0 Å². The Morgan fingerprint density at radius 3 is 2.38 bits per heavy atom. The van der Waals surface area contributed by atoms with E-state index >= 15 is 0 Å². The first-order valence-corrected chi connectivity index (χ1v) is 3.58. The molecule has 0 fully saturated rings. The fourth-order valence-corrected chi connectivity index (χ4v) is 0.436. The molecule has 0 aromatic rings. The lowest BCUT2D eigenvalue weighted by atomic mass is 10.4. The number of hydrogen-bond donors (Lipinski definition) is 1. The minimum Gasteiger partial charge on any atom is -0.319 e. The van der Waals surface area contributed by atoms with E-state index in [0.717, 1.165) is 6.08 Å². The van der Waals surface area contributed by atoms with Crippen LogP contribution in [0.15, 0.2) is 24.8 Å². The maximum atomic E-state index is 10.8. The van der Waals surface area contributed by atoms with Gasteiger partial charge < -0.3 is 9.68 Å². The van der Waals surface area contributed by atoms with Crippen molar-refractivity contribution in [1.82, 2.24) is 4.63 Å². The van der Waals surface area contributed by atoms with Crippen molar-refractivity contribution in [3.8, 4) is 0 Å². The van der Waals surface area contributed by atoms with Gasteiger partial charge in [0.05, 0.1) is 4.63 Å².